The van der Waals surface area contributed by atoms with Gasteiger partial charge in [-0.25, -0.2) is 8.42 Å². The number of rotatable bonds is 13. The zero-order valence-corrected chi connectivity index (χ0v) is 26.3. The average molecular weight is 606 g/mol. The highest BCUT2D eigenvalue weighted by Crippen LogP contribution is 2.30. The van der Waals surface area contributed by atoms with Gasteiger partial charge in [0.2, 0.25) is 21.8 Å². The van der Waals surface area contributed by atoms with Crippen molar-refractivity contribution in [3.8, 4) is 5.75 Å². The number of ether oxygens (including phenoxy) is 1. The third kappa shape index (κ3) is 8.60. The molecule has 0 spiro atoms. The second kappa shape index (κ2) is 14.6. The van der Waals surface area contributed by atoms with E-state index < -0.39 is 28.5 Å². The second-order valence-corrected chi connectivity index (χ2v) is 13.5. The summed E-state index contributed by atoms with van der Waals surface area (Å²) in [6.45, 7) is 3.64. The van der Waals surface area contributed by atoms with Crippen molar-refractivity contribution in [1.29, 1.82) is 0 Å². The molecule has 1 saturated carbocycles. The molecule has 230 valence electrons. The van der Waals surface area contributed by atoms with E-state index in [-0.39, 0.29) is 30.8 Å². The highest BCUT2D eigenvalue weighted by atomic mass is 32.2. The lowest BCUT2D eigenvalue weighted by atomic mass is 10.0. The van der Waals surface area contributed by atoms with Crippen LogP contribution in [0.3, 0.4) is 0 Å². The minimum absolute atomic E-state index is 0.0338. The van der Waals surface area contributed by atoms with Crippen LogP contribution in [0.1, 0.15) is 62.1 Å². The van der Waals surface area contributed by atoms with Gasteiger partial charge < -0.3 is 15.0 Å². The third-order valence-corrected chi connectivity index (χ3v) is 9.09. The van der Waals surface area contributed by atoms with Gasteiger partial charge >= 0.3 is 0 Å². The largest absolute Gasteiger partial charge is 0.497 e. The van der Waals surface area contributed by atoms with Crippen LogP contribution in [-0.4, -0.2) is 57.1 Å². The van der Waals surface area contributed by atoms with Crippen LogP contribution in [0.5, 0.6) is 5.75 Å². The van der Waals surface area contributed by atoms with E-state index in [2.05, 4.69) is 5.32 Å². The van der Waals surface area contributed by atoms with E-state index in [1.165, 1.54) is 4.90 Å². The van der Waals surface area contributed by atoms with E-state index in [0.717, 1.165) is 52.9 Å². The Bertz CT molecular complexity index is 1490. The number of benzene rings is 3. The average Bonchev–Trinajstić information content (AvgIpc) is 3.50. The molecule has 0 radical (unpaired) electrons. The molecule has 1 atom stereocenters. The van der Waals surface area contributed by atoms with Gasteiger partial charge in [-0.2, -0.15) is 0 Å². The molecule has 0 unspecified atom stereocenters. The van der Waals surface area contributed by atoms with Crippen LogP contribution >= 0.6 is 0 Å². The van der Waals surface area contributed by atoms with E-state index >= 15 is 0 Å². The monoisotopic (exact) mass is 605 g/mol. The van der Waals surface area contributed by atoms with E-state index in [1.54, 1.807) is 19.2 Å². The van der Waals surface area contributed by atoms with Gasteiger partial charge in [0.05, 0.1) is 19.1 Å². The molecular weight excluding hydrogens is 562 g/mol. The van der Waals surface area contributed by atoms with E-state index in [4.69, 9.17) is 4.74 Å². The zero-order chi connectivity index (χ0) is 31.0. The smallest absolute Gasteiger partial charge is 0.244 e. The van der Waals surface area contributed by atoms with Crippen molar-refractivity contribution in [2.45, 2.75) is 70.5 Å². The number of methoxy groups -OCH3 is 1. The lowest BCUT2D eigenvalue weighted by Gasteiger charge is -2.34. The first-order valence-corrected chi connectivity index (χ1v) is 16.7. The summed E-state index contributed by atoms with van der Waals surface area (Å²) >= 11 is 0. The Kier molecular flexibility index (Phi) is 10.9. The Hall–Kier alpha value is -3.85. The summed E-state index contributed by atoms with van der Waals surface area (Å²) in [6.07, 6.45) is 5.32. The molecule has 0 heterocycles. The van der Waals surface area contributed by atoms with Gasteiger partial charge in [0.15, 0.2) is 0 Å². The minimum atomic E-state index is -3.84. The zero-order valence-electron chi connectivity index (χ0n) is 25.5. The highest BCUT2D eigenvalue weighted by molar-refractivity contribution is 7.92. The summed E-state index contributed by atoms with van der Waals surface area (Å²) in [7, 11) is -2.27. The number of anilines is 1. The Morgan fingerprint density at radius 2 is 1.58 bits per heavy atom. The first-order chi connectivity index (χ1) is 20.6. The number of hydrogen-bond donors (Lipinski definition) is 1. The van der Waals surface area contributed by atoms with Crippen LogP contribution < -0.4 is 14.4 Å². The lowest BCUT2D eigenvalue weighted by Crippen LogP contribution is -2.54. The molecule has 0 bridgehead atoms. The quantitative estimate of drug-likeness (QED) is 0.286. The van der Waals surface area contributed by atoms with Gasteiger partial charge in [-0.3, -0.25) is 13.9 Å². The summed E-state index contributed by atoms with van der Waals surface area (Å²) in [5, 5.41) is 3.19. The summed E-state index contributed by atoms with van der Waals surface area (Å²) in [6, 6.07) is 23.4. The molecular formula is C34H43N3O5S. The number of nitrogens with one attached hydrogen (secondary N) is 1. The highest BCUT2D eigenvalue weighted by Gasteiger charge is 2.34. The number of nitrogens with zero attached hydrogens (tertiary/aromatic N) is 2. The fraction of sp³-hybridized carbons (Fsp3) is 0.412. The molecule has 4 rings (SSSR count). The van der Waals surface area contributed by atoms with E-state index in [0.29, 0.717) is 11.4 Å². The fourth-order valence-electron chi connectivity index (χ4n) is 5.69. The fourth-order valence-corrected chi connectivity index (χ4v) is 6.56. The number of sulfonamides is 1. The van der Waals surface area contributed by atoms with Crippen LogP contribution in [0, 0.1) is 0 Å². The molecule has 3 aromatic rings. The third-order valence-electron chi connectivity index (χ3n) is 7.97. The molecule has 1 fully saturated rings. The molecule has 9 heteroatoms. The molecule has 1 aliphatic carbocycles. The molecule has 0 saturated heterocycles. The van der Waals surface area contributed by atoms with Crippen molar-refractivity contribution >= 4 is 27.5 Å². The Morgan fingerprint density at radius 3 is 2.23 bits per heavy atom. The first kappa shape index (κ1) is 32.1. The van der Waals surface area contributed by atoms with Crippen molar-refractivity contribution in [2.24, 2.45) is 0 Å². The summed E-state index contributed by atoms with van der Waals surface area (Å²) in [5.74, 6) is -0.0372. The van der Waals surface area contributed by atoms with Gasteiger partial charge in [-0.1, -0.05) is 87.4 Å². The van der Waals surface area contributed by atoms with Gasteiger partial charge in [-0.05, 0) is 53.6 Å². The van der Waals surface area contributed by atoms with Gasteiger partial charge in [-0.15, -0.1) is 0 Å². The Balaban J connectivity index is 1.76. The number of hydrogen-bond acceptors (Lipinski definition) is 5. The Labute approximate surface area is 256 Å². The van der Waals surface area contributed by atoms with Crippen molar-refractivity contribution in [3.63, 3.8) is 0 Å². The SMILES string of the molecule is COc1cccc(CN(C(=O)CN(c2ccccc2C(C)C)S(C)(=O)=O)[C@H](Cc2ccccc2)C(=O)NC2CCCC2)c1. The van der Waals surface area contributed by atoms with Crippen LogP contribution in [0.4, 0.5) is 5.69 Å². The molecule has 1 aliphatic rings. The molecule has 43 heavy (non-hydrogen) atoms. The maximum atomic E-state index is 14.4. The Morgan fingerprint density at radius 1 is 0.930 bits per heavy atom. The van der Waals surface area contributed by atoms with Crippen molar-refractivity contribution in [2.75, 3.05) is 24.2 Å². The number of carbonyl (C=O) groups is 2. The van der Waals surface area contributed by atoms with Gasteiger partial charge in [0.25, 0.3) is 0 Å². The molecule has 3 aromatic carbocycles. The topological polar surface area (TPSA) is 96.0 Å². The van der Waals surface area contributed by atoms with Crippen LogP contribution in [-0.2, 0) is 32.6 Å². The predicted octanol–water partition coefficient (Wildman–Crippen LogP) is 5.28. The van der Waals surface area contributed by atoms with Crippen molar-refractivity contribution in [3.05, 3.63) is 95.6 Å². The number of carbonyl (C=O) groups excluding carboxylic acids is 2. The van der Waals surface area contributed by atoms with Crippen molar-refractivity contribution < 1.29 is 22.7 Å². The maximum Gasteiger partial charge on any atom is 0.244 e. The molecule has 0 aromatic heterocycles. The normalized spacial score (nSPS) is 14.3. The molecule has 0 aliphatic heterocycles. The van der Waals surface area contributed by atoms with Crippen molar-refractivity contribution in [1.82, 2.24) is 10.2 Å². The second-order valence-electron chi connectivity index (χ2n) is 11.6. The molecule has 1 N–H and O–H groups in total. The summed E-state index contributed by atoms with van der Waals surface area (Å²) in [4.78, 5) is 29.9. The molecule has 2 amide bonds. The van der Waals surface area contributed by atoms with Crippen LogP contribution in [0.25, 0.3) is 0 Å². The lowest BCUT2D eigenvalue weighted by molar-refractivity contribution is -0.140. The minimum Gasteiger partial charge on any atom is -0.497 e. The summed E-state index contributed by atoms with van der Waals surface area (Å²) < 4.78 is 33.0. The van der Waals surface area contributed by atoms with Gasteiger partial charge in [0, 0.05) is 19.0 Å². The maximum absolute atomic E-state index is 14.4. The predicted molar refractivity (Wildman–Crippen MR) is 171 cm³/mol. The van der Waals surface area contributed by atoms with E-state index in [9.17, 15) is 18.0 Å². The number of para-hydroxylation sites is 1. The number of amides is 2. The van der Waals surface area contributed by atoms with Crippen LogP contribution in [0.2, 0.25) is 0 Å². The van der Waals surface area contributed by atoms with Crippen LogP contribution in [0.15, 0.2) is 78.9 Å². The standard InChI is InChI=1S/C34H43N3O5S/c1-25(2)30-19-10-11-20-31(30)37(43(4,40)41)24-33(38)36(23-27-15-12-18-29(21-27)42-3)32(22-26-13-6-5-7-14-26)34(39)35-28-16-8-9-17-28/h5-7,10-15,18-21,25,28,32H,8-9,16-17,22-24H2,1-4H3,(H,35,39)/t32-/m1/s1. The van der Waals surface area contributed by atoms with E-state index in [1.807, 2.05) is 80.6 Å². The molecule has 8 nitrogen and oxygen atoms in total. The first-order valence-electron chi connectivity index (χ1n) is 14.9. The summed E-state index contributed by atoms with van der Waals surface area (Å²) in [5.41, 5.74) is 2.96. The van der Waals surface area contributed by atoms with Gasteiger partial charge in [0.1, 0.15) is 18.3 Å².